The van der Waals surface area contributed by atoms with Gasteiger partial charge in [0.15, 0.2) is 0 Å². The van der Waals surface area contributed by atoms with Gasteiger partial charge in [-0.25, -0.2) is 4.79 Å². The number of azide groups is 1. The molecule has 0 unspecified atom stereocenters. The van der Waals surface area contributed by atoms with Crippen LogP contribution in [0.5, 0.6) is 0 Å². The summed E-state index contributed by atoms with van der Waals surface area (Å²) in [6.45, 7) is 0.409. The van der Waals surface area contributed by atoms with Crippen LogP contribution in [-0.4, -0.2) is 19.6 Å². The molecule has 1 aromatic rings. The van der Waals surface area contributed by atoms with Gasteiger partial charge in [-0.1, -0.05) is 23.3 Å². The lowest BCUT2D eigenvalue weighted by Crippen LogP contribution is -2.05. The number of nitrogen functional groups attached to an aromatic ring is 1. The molecule has 0 radical (unpaired) electrons. The predicted molar refractivity (Wildman–Crippen MR) is 69.9 cm³/mol. The molecule has 0 fully saturated rings. The molecule has 1 aromatic carbocycles. The van der Waals surface area contributed by atoms with Crippen molar-refractivity contribution in [3.8, 4) is 0 Å². The molecule has 6 heteroatoms. The third-order valence-corrected chi connectivity index (χ3v) is 2.25. The van der Waals surface area contributed by atoms with E-state index < -0.39 is 5.97 Å². The number of hydrogen-bond acceptors (Lipinski definition) is 4. The Bertz CT molecular complexity index is 505. The van der Waals surface area contributed by atoms with Crippen molar-refractivity contribution in [1.82, 2.24) is 0 Å². The van der Waals surface area contributed by atoms with Crippen molar-refractivity contribution in [2.75, 3.05) is 19.4 Å². The molecule has 6 nitrogen and oxygen atoms in total. The topological polar surface area (TPSA) is 101 Å². The molecule has 0 heterocycles. The van der Waals surface area contributed by atoms with E-state index >= 15 is 0 Å². The fraction of sp³-hybridized carbons (Fsp3) is 0.250. The molecule has 18 heavy (non-hydrogen) atoms. The minimum absolute atomic E-state index is 0.342. The standard InChI is InChI=1S/C12H14N4O2/c1-18-12(17)10-8-9(5-6-11(10)13)4-2-3-7-15-16-14/h2,4-6,8H,3,7,13H2,1H3. The van der Waals surface area contributed by atoms with Gasteiger partial charge < -0.3 is 10.5 Å². The zero-order valence-electron chi connectivity index (χ0n) is 10.0. The molecule has 0 saturated heterocycles. The van der Waals surface area contributed by atoms with Crippen molar-refractivity contribution in [3.63, 3.8) is 0 Å². The average molecular weight is 246 g/mol. The van der Waals surface area contributed by atoms with E-state index in [1.807, 2.05) is 12.2 Å². The number of ether oxygens (including phenoxy) is 1. The first-order valence-corrected chi connectivity index (χ1v) is 5.34. The lowest BCUT2D eigenvalue weighted by Gasteiger charge is -2.04. The highest BCUT2D eigenvalue weighted by molar-refractivity contribution is 5.95. The van der Waals surface area contributed by atoms with Gasteiger partial charge in [-0.05, 0) is 29.6 Å². The van der Waals surface area contributed by atoms with Gasteiger partial charge in [0.25, 0.3) is 0 Å². The summed E-state index contributed by atoms with van der Waals surface area (Å²) in [5.41, 5.74) is 15.4. The molecular weight excluding hydrogens is 232 g/mol. The maximum Gasteiger partial charge on any atom is 0.339 e. The summed E-state index contributed by atoms with van der Waals surface area (Å²) in [5.74, 6) is -0.461. The fourth-order valence-corrected chi connectivity index (χ4v) is 1.36. The van der Waals surface area contributed by atoms with Crippen molar-refractivity contribution in [1.29, 1.82) is 0 Å². The van der Waals surface area contributed by atoms with E-state index in [9.17, 15) is 4.79 Å². The number of esters is 1. The number of rotatable bonds is 5. The highest BCUT2D eigenvalue weighted by atomic mass is 16.5. The van der Waals surface area contributed by atoms with Crippen LogP contribution in [-0.2, 0) is 4.74 Å². The second kappa shape index (κ2) is 6.98. The van der Waals surface area contributed by atoms with Crippen LogP contribution in [0.15, 0.2) is 29.4 Å². The molecule has 0 aliphatic heterocycles. The Morgan fingerprint density at radius 2 is 2.39 bits per heavy atom. The molecule has 0 bridgehead atoms. The minimum Gasteiger partial charge on any atom is -0.465 e. The number of nitrogens with zero attached hydrogens (tertiary/aromatic N) is 3. The Kier molecular flexibility index (Phi) is 5.28. The highest BCUT2D eigenvalue weighted by Crippen LogP contribution is 2.16. The number of anilines is 1. The van der Waals surface area contributed by atoms with Crippen LogP contribution < -0.4 is 5.73 Å². The van der Waals surface area contributed by atoms with Crippen molar-refractivity contribution < 1.29 is 9.53 Å². The number of hydrogen-bond donors (Lipinski definition) is 1. The lowest BCUT2D eigenvalue weighted by atomic mass is 10.1. The van der Waals surface area contributed by atoms with E-state index in [0.717, 1.165) is 5.56 Å². The summed E-state index contributed by atoms with van der Waals surface area (Å²) >= 11 is 0. The molecule has 0 aromatic heterocycles. The van der Waals surface area contributed by atoms with Crippen LogP contribution in [0.25, 0.3) is 16.5 Å². The quantitative estimate of drug-likeness (QED) is 0.216. The van der Waals surface area contributed by atoms with Crippen molar-refractivity contribution >= 4 is 17.7 Å². The maximum absolute atomic E-state index is 11.4. The van der Waals surface area contributed by atoms with Gasteiger partial charge in [-0.2, -0.15) is 0 Å². The molecule has 2 N–H and O–H groups in total. The first kappa shape index (κ1) is 13.6. The molecule has 0 aliphatic carbocycles. The van der Waals surface area contributed by atoms with Gasteiger partial charge in [-0.15, -0.1) is 0 Å². The minimum atomic E-state index is -0.461. The average Bonchev–Trinajstić information content (AvgIpc) is 2.39. The highest BCUT2D eigenvalue weighted by Gasteiger charge is 2.09. The van der Waals surface area contributed by atoms with Gasteiger partial charge in [0.05, 0.1) is 12.7 Å². The molecule has 0 atom stereocenters. The molecule has 0 aliphatic rings. The van der Waals surface area contributed by atoms with Crippen LogP contribution in [0, 0.1) is 0 Å². The summed E-state index contributed by atoms with van der Waals surface area (Å²) < 4.78 is 4.63. The Morgan fingerprint density at radius 1 is 1.61 bits per heavy atom. The number of methoxy groups -OCH3 is 1. The third kappa shape index (κ3) is 3.84. The summed E-state index contributed by atoms with van der Waals surface area (Å²) in [7, 11) is 1.31. The van der Waals surface area contributed by atoms with Crippen LogP contribution in [0.3, 0.4) is 0 Å². The second-order valence-electron chi connectivity index (χ2n) is 3.48. The van der Waals surface area contributed by atoms with Crippen LogP contribution in [0.2, 0.25) is 0 Å². The molecule has 0 amide bonds. The van der Waals surface area contributed by atoms with E-state index in [0.29, 0.717) is 24.2 Å². The Balaban J connectivity index is 2.78. The second-order valence-corrected chi connectivity index (χ2v) is 3.48. The summed E-state index contributed by atoms with van der Waals surface area (Å²) in [5, 5.41) is 3.41. The largest absolute Gasteiger partial charge is 0.465 e. The van der Waals surface area contributed by atoms with E-state index in [2.05, 4.69) is 14.8 Å². The number of carbonyl (C=O) groups excluding carboxylic acids is 1. The lowest BCUT2D eigenvalue weighted by molar-refractivity contribution is 0.0602. The summed E-state index contributed by atoms with van der Waals surface area (Å²) in [6.07, 6.45) is 4.34. The molecule has 0 spiro atoms. The predicted octanol–water partition coefficient (Wildman–Crippen LogP) is 2.77. The molecule has 0 saturated carbocycles. The summed E-state index contributed by atoms with van der Waals surface area (Å²) in [6, 6.07) is 5.11. The van der Waals surface area contributed by atoms with Gasteiger partial charge in [0.2, 0.25) is 0 Å². The van der Waals surface area contributed by atoms with Gasteiger partial charge in [-0.3, -0.25) is 0 Å². The SMILES string of the molecule is COC(=O)c1cc(C=CCCN=[N+]=[N-])ccc1N. The van der Waals surface area contributed by atoms with E-state index in [1.54, 1.807) is 18.2 Å². The van der Waals surface area contributed by atoms with Crippen molar-refractivity contribution in [2.24, 2.45) is 5.11 Å². The zero-order valence-corrected chi connectivity index (χ0v) is 10.0. The molecular formula is C12H14N4O2. The van der Waals surface area contributed by atoms with Crippen LogP contribution in [0.4, 0.5) is 5.69 Å². The van der Waals surface area contributed by atoms with Gasteiger partial charge in [0, 0.05) is 17.1 Å². The van der Waals surface area contributed by atoms with E-state index in [-0.39, 0.29) is 0 Å². The van der Waals surface area contributed by atoms with E-state index in [4.69, 9.17) is 11.3 Å². The first-order chi connectivity index (χ1) is 8.69. The Hall–Kier alpha value is -2.46. The normalized spacial score (nSPS) is 10.1. The molecule has 1 rings (SSSR count). The van der Waals surface area contributed by atoms with Crippen LogP contribution >= 0.6 is 0 Å². The first-order valence-electron chi connectivity index (χ1n) is 5.34. The van der Waals surface area contributed by atoms with Crippen LogP contribution in [0.1, 0.15) is 22.3 Å². The van der Waals surface area contributed by atoms with Gasteiger partial charge in [0.1, 0.15) is 0 Å². The molecule has 94 valence electrons. The van der Waals surface area contributed by atoms with Gasteiger partial charge >= 0.3 is 5.97 Å². The van der Waals surface area contributed by atoms with Crippen molar-refractivity contribution in [3.05, 3.63) is 45.8 Å². The Morgan fingerprint density at radius 3 is 3.06 bits per heavy atom. The third-order valence-electron chi connectivity index (χ3n) is 2.25. The van der Waals surface area contributed by atoms with Crippen molar-refractivity contribution in [2.45, 2.75) is 6.42 Å². The smallest absolute Gasteiger partial charge is 0.339 e. The zero-order chi connectivity index (χ0) is 13.4. The number of carbonyl (C=O) groups is 1. The fourth-order valence-electron chi connectivity index (χ4n) is 1.36. The number of nitrogens with two attached hydrogens (primary N) is 1. The Labute approximate surface area is 105 Å². The number of benzene rings is 1. The maximum atomic E-state index is 11.4. The van der Waals surface area contributed by atoms with E-state index in [1.165, 1.54) is 7.11 Å². The summed E-state index contributed by atoms with van der Waals surface area (Å²) in [4.78, 5) is 14.1. The monoisotopic (exact) mass is 246 g/mol.